The van der Waals surface area contributed by atoms with Crippen LogP contribution in [-0.4, -0.2) is 17.3 Å². The topological polar surface area (TPSA) is 46.2 Å². The van der Waals surface area contributed by atoms with E-state index in [1.807, 2.05) is 6.92 Å². The fourth-order valence-electron chi connectivity index (χ4n) is 0.144. The maximum atomic E-state index is 9.01. The molecule has 0 aliphatic heterocycles. The summed E-state index contributed by atoms with van der Waals surface area (Å²) in [4.78, 5) is 0. The molecule has 0 saturated heterocycles. The van der Waals surface area contributed by atoms with E-state index in [1.54, 1.807) is 6.92 Å². The fourth-order valence-corrected chi connectivity index (χ4v) is 0.144. The van der Waals surface area contributed by atoms with Gasteiger partial charge < -0.3 is 10.8 Å². The van der Waals surface area contributed by atoms with Crippen LogP contribution >= 0.6 is 0 Å². The van der Waals surface area contributed by atoms with Crippen LogP contribution < -0.4 is 5.73 Å². The molecular weight excluding hydrogens is 90.1 g/mol. The van der Waals surface area contributed by atoms with E-state index in [4.69, 9.17) is 10.8 Å². The van der Waals surface area contributed by atoms with Gasteiger partial charge in [-0.15, -0.1) is 0 Å². The minimum absolute atomic E-state index is 0.351. The van der Waals surface area contributed by atoms with Crippen molar-refractivity contribution in [1.29, 1.82) is 0 Å². The Bertz CT molecular complexity index is 46.0. The molecule has 0 amide bonds. The SMILES string of the molecule is CCC(C)(O)CN. The maximum Gasteiger partial charge on any atom is 0.0738 e. The van der Waals surface area contributed by atoms with Crippen LogP contribution in [0, 0.1) is 0 Å². The molecular formula is C5H13NO. The van der Waals surface area contributed by atoms with Crippen molar-refractivity contribution in [3.05, 3.63) is 0 Å². The van der Waals surface area contributed by atoms with E-state index < -0.39 is 5.60 Å². The summed E-state index contributed by atoms with van der Waals surface area (Å²) >= 11 is 0. The van der Waals surface area contributed by atoms with Gasteiger partial charge in [-0.3, -0.25) is 0 Å². The molecule has 0 radical (unpaired) electrons. The van der Waals surface area contributed by atoms with E-state index in [0.717, 1.165) is 6.42 Å². The highest BCUT2D eigenvalue weighted by Crippen LogP contribution is 2.03. The molecule has 0 aliphatic carbocycles. The van der Waals surface area contributed by atoms with Crippen LogP contribution in [0.2, 0.25) is 0 Å². The molecule has 0 aromatic rings. The molecule has 0 saturated carbocycles. The Morgan fingerprint density at radius 2 is 2.14 bits per heavy atom. The average molecular weight is 103 g/mol. The van der Waals surface area contributed by atoms with E-state index >= 15 is 0 Å². The molecule has 44 valence electrons. The minimum Gasteiger partial charge on any atom is -0.389 e. The van der Waals surface area contributed by atoms with E-state index in [1.165, 1.54) is 0 Å². The summed E-state index contributed by atoms with van der Waals surface area (Å²) in [5.74, 6) is 0. The second-order valence-corrected chi connectivity index (χ2v) is 2.05. The first-order valence-electron chi connectivity index (χ1n) is 2.55. The molecule has 1 atom stereocenters. The Balaban J connectivity index is 3.36. The highest BCUT2D eigenvalue weighted by atomic mass is 16.3. The predicted octanol–water partition coefficient (Wildman–Crippen LogP) is 0.106. The lowest BCUT2D eigenvalue weighted by molar-refractivity contribution is 0.0652. The Kier molecular flexibility index (Phi) is 2.26. The maximum absolute atomic E-state index is 9.01. The summed E-state index contributed by atoms with van der Waals surface area (Å²) in [5, 5.41) is 9.01. The highest BCUT2D eigenvalue weighted by Gasteiger charge is 2.12. The van der Waals surface area contributed by atoms with Gasteiger partial charge >= 0.3 is 0 Å². The first-order valence-corrected chi connectivity index (χ1v) is 2.55. The molecule has 0 aliphatic rings. The number of rotatable bonds is 2. The Morgan fingerprint density at radius 3 is 2.14 bits per heavy atom. The van der Waals surface area contributed by atoms with Crippen LogP contribution in [0.3, 0.4) is 0 Å². The van der Waals surface area contributed by atoms with Crippen molar-refractivity contribution in [3.8, 4) is 0 Å². The number of hydrogen-bond acceptors (Lipinski definition) is 2. The van der Waals surface area contributed by atoms with Gasteiger partial charge in [0.2, 0.25) is 0 Å². The molecule has 3 N–H and O–H groups in total. The second-order valence-electron chi connectivity index (χ2n) is 2.05. The van der Waals surface area contributed by atoms with Crippen LogP contribution in [0.5, 0.6) is 0 Å². The van der Waals surface area contributed by atoms with Crippen LogP contribution in [-0.2, 0) is 0 Å². The molecule has 0 aromatic heterocycles. The highest BCUT2D eigenvalue weighted by molar-refractivity contribution is 4.69. The first-order chi connectivity index (χ1) is 3.12. The van der Waals surface area contributed by atoms with Crippen LogP contribution in [0.25, 0.3) is 0 Å². The van der Waals surface area contributed by atoms with E-state index in [-0.39, 0.29) is 0 Å². The number of nitrogens with two attached hydrogens (primary N) is 1. The summed E-state index contributed by atoms with van der Waals surface area (Å²) in [6.45, 7) is 3.99. The average Bonchev–Trinajstić information content (AvgIpc) is 1.68. The van der Waals surface area contributed by atoms with Crippen LogP contribution in [0.15, 0.2) is 0 Å². The van der Waals surface area contributed by atoms with Crippen LogP contribution in [0.4, 0.5) is 0 Å². The van der Waals surface area contributed by atoms with Gasteiger partial charge in [0.25, 0.3) is 0 Å². The van der Waals surface area contributed by atoms with Gasteiger partial charge in [0, 0.05) is 6.54 Å². The molecule has 2 nitrogen and oxygen atoms in total. The molecule has 0 fully saturated rings. The molecule has 0 spiro atoms. The van der Waals surface area contributed by atoms with Gasteiger partial charge in [-0.25, -0.2) is 0 Å². The predicted molar refractivity (Wildman–Crippen MR) is 30.0 cm³/mol. The summed E-state index contributed by atoms with van der Waals surface area (Å²) in [5.41, 5.74) is 4.53. The van der Waals surface area contributed by atoms with Gasteiger partial charge in [0.1, 0.15) is 0 Å². The van der Waals surface area contributed by atoms with E-state index in [9.17, 15) is 0 Å². The van der Waals surface area contributed by atoms with Crippen molar-refractivity contribution in [2.75, 3.05) is 6.54 Å². The summed E-state index contributed by atoms with van der Waals surface area (Å²) in [6, 6.07) is 0. The normalized spacial score (nSPS) is 18.9. The summed E-state index contributed by atoms with van der Waals surface area (Å²) in [7, 11) is 0. The lowest BCUT2D eigenvalue weighted by Crippen LogP contribution is -2.32. The number of hydrogen-bond donors (Lipinski definition) is 2. The second kappa shape index (κ2) is 2.28. The van der Waals surface area contributed by atoms with Crippen LogP contribution in [0.1, 0.15) is 20.3 Å². The third kappa shape index (κ3) is 2.60. The van der Waals surface area contributed by atoms with Crippen molar-refractivity contribution in [2.24, 2.45) is 5.73 Å². The zero-order chi connectivity index (χ0) is 5.91. The standard InChI is InChI=1S/C5H13NO/c1-3-5(2,7)4-6/h7H,3-4,6H2,1-2H3. The minimum atomic E-state index is -0.639. The zero-order valence-corrected chi connectivity index (χ0v) is 4.94. The largest absolute Gasteiger partial charge is 0.389 e. The van der Waals surface area contributed by atoms with Crippen molar-refractivity contribution in [3.63, 3.8) is 0 Å². The first kappa shape index (κ1) is 6.92. The third-order valence-corrected chi connectivity index (χ3v) is 1.20. The summed E-state index contributed by atoms with van der Waals surface area (Å²) < 4.78 is 0. The van der Waals surface area contributed by atoms with Crippen molar-refractivity contribution in [1.82, 2.24) is 0 Å². The molecule has 0 aromatic carbocycles. The summed E-state index contributed by atoms with van der Waals surface area (Å²) in [6.07, 6.45) is 0.726. The molecule has 0 rings (SSSR count). The monoisotopic (exact) mass is 103 g/mol. The number of aliphatic hydroxyl groups is 1. The van der Waals surface area contributed by atoms with Gasteiger partial charge in [-0.2, -0.15) is 0 Å². The molecule has 2 heteroatoms. The Hall–Kier alpha value is -0.0800. The smallest absolute Gasteiger partial charge is 0.0738 e. The zero-order valence-electron chi connectivity index (χ0n) is 4.94. The molecule has 1 unspecified atom stereocenters. The molecule has 0 bridgehead atoms. The Labute approximate surface area is 44.3 Å². The van der Waals surface area contributed by atoms with Gasteiger partial charge in [0.15, 0.2) is 0 Å². The quantitative estimate of drug-likeness (QED) is 0.521. The fraction of sp³-hybridized carbons (Fsp3) is 1.00. The third-order valence-electron chi connectivity index (χ3n) is 1.20. The Morgan fingerprint density at radius 1 is 1.71 bits per heavy atom. The van der Waals surface area contributed by atoms with E-state index in [2.05, 4.69) is 0 Å². The molecule has 7 heavy (non-hydrogen) atoms. The van der Waals surface area contributed by atoms with E-state index in [0.29, 0.717) is 6.54 Å². The van der Waals surface area contributed by atoms with Crippen molar-refractivity contribution < 1.29 is 5.11 Å². The van der Waals surface area contributed by atoms with Crippen molar-refractivity contribution in [2.45, 2.75) is 25.9 Å². The van der Waals surface area contributed by atoms with Gasteiger partial charge in [-0.05, 0) is 13.3 Å². The van der Waals surface area contributed by atoms with Crippen molar-refractivity contribution >= 4 is 0 Å². The lowest BCUT2D eigenvalue weighted by atomic mass is 10.1. The van der Waals surface area contributed by atoms with Gasteiger partial charge in [-0.1, -0.05) is 6.92 Å². The van der Waals surface area contributed by atoms with Gasteiger partial charge in [0.05, 0.1) is 5.60 Å². The lowest BCUT2D eigenvalue weighted by Gasteiger charge is -2.17. The molecule has 0 heterocycles.